The highest BCUT2D eigenvalue weighted by molar-refractivity contribution is 7.89. The van der Waals surface area contributed by atoms with E-state index in [0.29, 0.717) is 5.69 Å². The van der Waals surface area contributed by atoms with Crippen LogP contribution >= 0.6 is 12.2 Å². The third-order valence-corrected chi connectivity index (χ3v) is 4.44. The predicted octanol–water partition coefficient (Wildman–Crippen LogP) is -0.234. The number of hydrogen-bond donors (Lipinski definition) is 3. The Morgan fingerprint density at radius 3 is 2.48 bits per heavy atom. The van der Waals surface area contributed by atoms with E-state index < -0.39 is 15.4 Å². The van der Waals surface area contributed by atoms with E-state index in [2.05, 4.69) is 15.0 Å². The van der Waals surface area contributed by atoms with Gasteiger partial charge in [-0.1, -0.05) is 12.2 Å². The fraction of sp³-hybridized carbons (Fsp3) is 0.417. The number of nitrogens with two attached hydrogens (primary N) is 1. The molecule has 1 rings (SSSR count). The Hall–Kier alpha value is -1.58. The Morgan fingerprint density at radius 1 is 1.43 bits per heavy atom. The Morgan fingerprint density at radius 2 is 2.05 bits per heavy atom. The summed E-state index contributed by atoms with van der Waals surface area (Å²) in [5.41, 5.74) is 4.87. The number of hydrogen-bond acceptors (Lipinski definition) is 5. The zero-order valence-corrected chi connectivity index (χ0v) is 13.6. The van der Waals surface area contributed by atoms with Gasteiger partial charge in [-0.15, -0.1) is 0 Å². The van der Waals surface area contributed by atoms with Gasteiger partial charge in [0.1, 0.15) is 9.88 Å². The minimum atomic E-state index is -3.75. The zero-order chi connectivity index (χ0) is 16.3. The monoisotopic (exact) mass is 330 g/mol. The number of rotatable bonds is 6. The molecule has 0 saturated carbocycles. The summed E-state index contributed by atoms with van der Waals surface area (Å²) in [5.74, 6) is -0.257. The van der Waals surface area contributed by atoms with Gasteiger partial charge >= 0.3 is 0 Å². The molecule has 1 aromatic rings. The van der Waals surface area contributed by atoms with Crippen LogP contribution in [0.3, 0.4) is 0 Å². The second-order valence-electron chi connectivity index (χ2n) is 5.03. The summed E-state index contributed by atoms with van der Waals surface area (Å²) in [5, 5.41) is 2.49. The number of carbonyl (C=O) groups is 1. The van der Waals surface area contributed by atoms with E-state index in [1.165, 1.54) is 25.4 Å². The first-order chi connectivity index (χ1) is 9.60. The molecular formula is C12H18N4O3S2. The van der Waals surface area contributed by atoms with Crippen molar-refractivity contribution in [3.05, 3.63) is 24.0 Å². The van der Waals surface area contributed by atoms with Crippen molar-refractivity contribution in [1.82, 2.24) is 15.0 Å². The van der Waals surface area contributed by atoms with Crippen molar-refractivity contribution in [2.24, 2.45) is 11.1 Å². The average Bonchev–Trinajstić information content (AvgIpc) is 2.44. The maximum Gasteiger partial charge on any atom is 0.242 e. The number of thiocarbonyl (C=S) groups is 1. The van der Waals surface area contributed by atoms with Crippen molar-refractivity contribution in [3.63, 3.8) is 0 Å². The highest BCUT2D eigenvalue weighted by atomic mass is 32.2. The van der Waals surface area contributed by atoms with Gasteiger partial charge in [0, 0.05) is 19.8 Å². The highest BCUT2D eigenvalue weighted by Gasteiger charge is 2.29. The standard InChI is InChI=1S/C12H18N4O3S2/c1-12(2,11(17)14-3)7-16-21(18,19)8-4-5-9(10(13)20)15-6-8/h4-6,16H,7H2,1-3H3,(H2,13,20)(H,14,17). The van der Waals surface area contributed by atoms with Crippen LogP contribution in [0, 0.1) is 5.41 Å². The Bertz CT molecular complexity index is 639. The van der Waals surface area contributed by atoms with Crippen LogP contribution in [-0.2, 0) is 14.8 Å². The normalized spacial score (nSPS) is 12.0. The molecule has 4 N–H and O–H groups in total. The molecule has 0 radical (unpaired) electrons. The molecule has 0 fully saturated rings. The smallest absolute Gasteiger partial charge is 0.242 e. The van der Waals surface area contributed by atoms with E-state index in [9.17, 15) is 13.2 Å². The second-order valence-corrected chi connectivity index (χ2v) is 7.24. The van der Waals surface area contributed by atoms with Gasteiger partial charge in [0.25, 0.3) is 0 Å². The Balaban J connectivity index is 2.87. The predicted molar refractivity (Wildman–Crippen MR) is 83.2 cm³/mol. The van der Waals surface area contributed by atoms with E-state index >= 15 is 0 Å². The molecule has 0 unspecified atom stereocenters. The molecule has 0 aliphatic carbocycles. The molecule has 9 heteroatoms. The summed E-state index contributed by atoms with van der Waals surface area (Å²) in [4.78, 5) is 15.6. The van der Waals surface area contributed by atoms with Gasteiger partial charge in [0.05, 0.1) is 11.1 Å². The van der Waals surface area contributed by atoms with Gasteiger partial charge in [0.15, 0.2) is 0 Å². The third-order valence-electron chi connectivity index (χ3n) is 2.84. The zero-order valence-electron chi connectivity index (χ0n) is 12.0. The molecule has 0 aliphatic heterocycles. The van der Waals surface area contributed by atoms with Crippen molar-refractivity contribution in [2.75, 3.05) is 13.6 Å². The van der Waals surface area contributed by atoms with Gasteiger partial charge in [-0.25, -0.2) is 13.1 Å². The second kappa shape index (κ2) is 6.46. The summed E-state index contributed by atoms with van der Waals surface area (Å²) < 4.78 is 26.6. The van der Waals surface area contributed by atoms with Gasteiger partial charge in [-0.3, -0.25) is 9.78 Å². The summed E-state index contributed by atoms with van der Waals surface area (Å²) >= 11 is 4.75. The summed E-state index contributed by atoms with van der Waals surface area (Å²) in [7, 11) is -2.26. The van der Waals surface area contributed by atoms with Crippen molar-refractivity contribution < 1.29 is 13.2 Å². The van der Waals surface area contributed by atoms with Crippen LogP contribution in [-0.4, -0.2) is 37.9 Å². The van der Waals surface area contributed by atoms with Crippen molar-refractivity contribution in [3.8, 4) is 0 Å². The van der Waals surface area contributed by atoms with Crippen molar-refractivity contribution in [1.29, 1.82) is 0 Å². The largest absolute Gasteiger partial charge is 0.388 e. The third kappa shape index (κ3) is 4.45. The molecule has 1 amide bonds. The molecule has 0 atom stereocenters. The number of sulfonamides is 1. The molecule has 0 bridgehead atoms. The maximum absolute atomic E-state index is 12.1. The van der Waals surface area contributed by atoms with Crippen LogP contribution in [0.15, 0.2) is 23.2 Å². The molecule has 7 nitrogen and oxygen atoms in total. The van der Waals surface area contributed by atoms with Gasteiger partial charge in [-0.2, -0.15) is 0 Å². The molecular weight excluding hydrogens is 312 g/mol. The van der Waals surface area contributed by atoms with E-state index in [1.807, 2.05) is 0 Å². The minimum absolute atomic E-state index is 0.0183. The van der Waals surface area contributed by atoms with E-state index in [4.69, 9.17) is 18.0 Å². The Kier molecular flexibility index (Phi) is 5.37. The number of amides is 1. The van der Waals surface area contributed by atoms with Crippen LogP contribution in [0.2, 0.25) is 0 Å². The Labute approximate surface area is 129 Å². The highest BCUT2D eigenvalue weighted by Crippen LogP contribution is 2.15. The van der Waals surface area contributed by atoms with Crippen LogP contribution in [0.4, 0.5) is 0 Å². The average molecular weight is 330 g/mol. The van der Waals surface area contributed by atoms with Gasteiger partial charge in [-0.05, 0) is 26.0 Å². The lowest BCUT2D eigenvalue weighted by atomic mass is 9.93. The SMILES string of the molecule is CNC(=O)C(C)(C)CNS(=O)(=O)c1ccc(C(N)=S)nc1. The minimum Gasteiger partial charge on any atom is -0.388 e. The molecule has 21 heavy (non-hydrogen) atoms. The fourth-order valence-electron chi connectivity index (χ4n) is 1.46. The molecule has 116 valence electrons. The lowest BCUT2D eigenvalue weighted by Gasteiger charge is -2.22. The molecule has 1 aromatic heterocycles. The first-order valence-electron chi connectivity index (χ1n) is 6.08. The number of carbonyl (C=O) groups excluding carboxylic acids is 1. The molecule has 1 heterocycles. The molecule has 0 saturated heterocycles. The lowest BCUT2D eigenvalue weighted by molar-refractivity contribution is -0.128. The van der Waals surface area contributed by atoms with Crippen molar-refractivity contribution >= 4 is 33.1 Å². The van der Waals surface area contributed by atoms with E-state index in [0.717, 1.165) is 0 Å². The summed E-state index contributed by atoms with van der Waals surface area (Å²) in [6, 6.07) is 2.79. The fourth-order valence-corrected chi connectivity index (χ4v) is 2.74. The number of pyridine rings is 1. The van der Waals surface area contributed by atoms with Gasteiger partial charge in [0.2, 0.25) is 15.9 Å². The van der Waals surface area contributed by atoms with E-state index in [-0.39, 0.29) is 22.3 Å². The lowest BCUT2D eigenvalue weighted by Crippen LogP contribution is -2.43. The summed E-state index contributed by atoms with van der Waals surface area (Å²) in [6.45, 7) is 3.25. The maximum atomic E-state index is 12.1. The first kappa shape index (κ1) is 17.5. The number of nitrogens with zero attached hydrogens (tertiary/aromatic N) is 1. The molecule has 0 spiro atoms. The summed E-state index contributed by atoms with van der Waals surface area (Å²) in [6.07, 6.45) is 1.17. The number of aromatic nitrogens is 1. The van der Waals surface area contributed by atoms with Gasteiger partial charge < -0.3 is 11.1 Å². The van der Waals surface area contributed by atoms with Crippen LogP contribution < -0.4 is 15.8 Å². The number of nitrogens with one attached hydrogen (secondary N) is 2. The van der Waals surface area contributed by atoms with Crippen LogP contribution in [0.5, 0.6) is 0 Å². The molecule has 0 aromatic carbocycles. The molecule has 0 aliphatic rings. The van der Waals surface area contributed by atoms with Crippen molar-refractivity contribution in [2.45, 2.75) is 18.7 Å². The first-order valence-corrected chi connectivity index (χ1v) is 7.97. The van der Waals surface area contributed by atoms with Crippen LogP contribution in [0.25, 0.3) is 0 Å². The quantitative estimate of drug-likeness (QED) is 0.621. The topological polar surface area (TPSA) is 114 Å². The van der Waals surface area contributed by atoms with Crippen LogP contribution in [0.1, 0.15) is 19.5 Å². The van der Waals surface area contributed by atoms with E-state index in [1.54, 1.807) is 13.8 Å².